The third-order valence-corrected chi connectivity index (χ3v) is 1.05. The Morgan fingerprint density at radius 1 is 1.22 bits per heavy atom. The van der Waals surface area contributed by atoms with Crippen molar-refractivity contribution in [3.63, 3.8) is 0 Å². The molecule has 0 unspecified atom stereocenters. The average Bonchev–Trinajstić information content (AvgIpc) is 1.90. The fourth-order valence-electron chi connectivity index (χ4n) is 0.568. The van der Waals surface area contributed by atoms with Gasteiger partial charge in [-0.05, 0) is 24.3 Å². The van der Waals surface area contributed by atoms with Crippen LogP contribution in [0.1, 0.15) is 0 Å². The van der Waals surface area contributed by atoms with Gasteiger partial charge in [-0.1, -0.05) is 0 Å². The van der Waals surface area contributed by atoms with Crippen molar-refractivity contribution in [2.45, 2.75) is 0 Å². The van der Waals surface area contributed by atoms with Gasteiger partial charge in [-0.25, -0.2) is 9.82 Å². The number of hydrogen-bond acceptors (Lipinski definition) is 1. The van der Waals surface area contributed by atoms with Crippen molar-refractivity contribution in [1.82, 2.24) is 0 Å². The number of anilines is 1. The molecule has 9 heavy (non-hydrogen) atoms. The third kappa shape index (κ3) is 1.40. The summed E-state index contributed by atoms with van der Waals surface area (Å²) in [6, 6.07) is 6.02. The van der Waals surface area contributed by atoms with Gasteiger partial charge in [0.1, 0.15) is 5.82 Å². The minimum atomic E-state index is -0.228. The summed E-state index contributed by atoms with van der Waals surface area (Å²) in [7, 11) is 0. The molecule has 1 aromatic rings. The monoisotopic (exact) mass is 127 g/mol. The molecule has 0 radical (unpaired) electrons. The van der Waals surface area contributed by atoms with Crippen LogP contribution in [0.15, 0.2) is 24.3 Å². The van der Waals surface area contributed by atoms with Crippen molar-refractivity contribution >= 4 is 5.69 Å². The Morgan fingerprint density at radius 3 is 2.22 bits per heavy atom. The smallest absolute Gasteiger partial charge is 0.123 e. The average molecular weight is 127 g/mol. The van der Waals surface area contributed by atoms with Crippen LogP contribution in [0.5, 0.6) is 0 Å². The summed E-state index contributed by atoms with van der Waals surface area (Å²) in [5.74, 6) is 3.19. The largest absolute Gasteiger partial charge is 0.258 e. The molecule has 48 valence electrons. The van der Waals surface area contributed by atoms with Crippen molar-refractivity contribution in [2.24, 2.45) is 0 Å². The Balaban J connectivity index is 2.88. The van der Waals surface area contributed by atoms with Gasteiger partial charge in [0, 0.05) is 0 Å². The van der Waals surface area contributed by atoms with Crippen molar-refractivity contribution in [1.29, 1.82) is 0 Å². The highest BCUT2D eigenvalue weighted by Crippen LogP contribution is 2.04. The Kier molecular flexibility index (Phi) is 1.65. The summed E-state index contributed by atoms with van der Waals surface area (Å²) in [6.45, 7) is 0. The SMILES string of the molecule is [NH3+]Nc1ccc(F)cc1. The maximum Gasteiger partial charge on any atom is 0.123 e. The summed E-state index contributed by atoms with van der Waals surface area (Å²) in [5.41, 5.74) is 3.45. The van der Waals surface area contributed by atoms with Gasteiger partial charge >= 0.3 is 0 Å². The van der Waals surface area contributed by atoms with Crippen LogP contribution in [0.25, 0.3) is 0 Å². The van der Waals surface area contributed by atoms with E-state index in [0.29, 0.717) is 0 Å². The van der Waals surface area contributed by atoms with Crippen LogP contribution in [-0.4, -0.2) is 0 Å². The summed E-state index contributed by atoms with van der Waals surface area (Å²) in [5, 5.41) is 0. The van der Waals surface area contributed by atoms with Gasteiger partial charge in [0.25, 0.3) is 0 Å². The summed E-state index contributed by atoms with van der Waals surface area (Å²) < 4.78 is 12.2. The maximum atomic E-state index is 12.2. The number of halogens is 1. The quantitative estimate of drug-likeness (QED) is 0.526. The first-order valence-electron chi connectivity index (χ1n) is 2.61. The first-order valence-corrected chi connectivity index (χ1v) is 2.61. The topological polar surface area (TPSA) is 39.7 Å². The molecule has 0 amide bonds. The van der Waals surface area contributed by atoms with Gasteiger partial charge < -0.3 is 0 Å². The zero-order valence-electron chi connectivity index (χ0n) is 4.89. The van der Waals surface area contributed by atoms with E-state index in [2.05, 4.69) is 11.3 Å². The van der Waals surface area contributed by atoms with E-state index in [-0.39, 0.29) is 5.82 Å². The Labute approximate surface area is 52.5 Å². The highest BCUT2D eigenvalue weighted by atomic mass is 19.1. The lowest BCUT2D eigenvalue weighted by atomic mass is 10.3. The molecule has 3 heteroatoms. The lowest BCUT2D eigenvalue weighted by molar-refractivity contribution is -0.325. The fourth-order valence-corrected chi connectivity index (χ4v) is 0.568. The number of hydrogen-bond donors (Lipinski definition) is 2. The molecule has 2 nitrogen and oxygen atoms in total. The number of quaternary nitrogens is 1. The highest BCUT2D eigenvalue weighted by molar-refractivity contribution is 5.39. The van der Waals surface area contributed by atoms with E-state index >= 15 is 0 Å². The van der Waals surface area contributed by atoms with Crippen molar-refractivity contribution in [3.8, 4) is 0 Å². The van der Waals surface area contributed by atoms with Gasteiger partial charge in [0.2, 0.25) is 0 Å². The van der Waals surface area contributed by atoms with Crippen LogP contribution in [0, 0.1) is 5.82 Å². The van der Waals surface area contributed by atoms with Crippen LogP contribution in [0.4, 0.5) is 10.1 Å². The predicted molar refractivity (Wildman–Crippen MR) is 32.9 cm³/mol. The third-order valence-electron chi connectivity index (χ3n) is 1.05. The van der Waals surface area contributed by atoms with E-state index in [1.807, 2.05) is 0 Å². The minimum absolute atomic E-state index is 0.228. The summed E-state index contributed by atoms with van der Waals surface area (Å²) in [6.07, 6.45) is 0. The molecule has 0 saturated heterocycles. The first kappa shape index (κ1) is 6.04. The predicted octanol–water partition coefficient (Wildman–Crippen LogP) is 0.394. The van der Waals surface area contributed by atoms with Crippen LogP contribution in [0.2, 0.25) is 0 Å². The molecule has 0 spiro atoms. The Morgan fingerprint density at radius 2 is 1.78 bits per heavy atom. The lowest BCUT2D eigenvalue weighted by Gasteiger charge is -1.92. The molecule has 0 aliphatic rings. The number of rotatable bonds is 1. The van der Waals surface area contributed by atoms with Gasteiger partial charge in [-0.2, -0.15) is 0 Å². The number of benzene rings is 1. The highest BCUT2D eigenvalue weighted by Gasteiger charge is 1.88. The molecule has 4 N–H and O–H groups in total. The van der Waals surface area contributed by atoms with E-state index in [1.54, 1.807) is 12.1 Å². The van der Waals surface area contributed by atoms with Crippen LogP contribution in [-0.2, 0) is 0 Å². The molecule has 0 bridgehead atoms. The zero-order valence-corrected chi connectivity index (χ0v) is 4.89. The molecule has 1 aromatic carbocycles. The van der Waals surface area contributed by atoms with E-state index in [1.165, 1.54) is 12.1 Å². The van der Waals surface area contributed by atoms with E-state index in [4.69, 9.17) is 0 Å². The molecule has 0 heterocycles. The van der Waals surface area contributed by atoms with Crippen LogP contribution >= 0.6 is 0 Å². The van der Waals surface area contributed by atoms with E-state index in [0.717, 1.165) is 5.69 Å². The lowest BCUT2D eigenvalue weighted by Crippen LogP contribution is -2.56. The Bertz CT molecular complexity index is 183. The van der Waals surface area contributed by atoms with Crippen molar-refractivity contribution in [2.75, 3.05) is 5.43 Å². The molecule has 0 aromatic heterocycles. The first-order chi connectivity index (χ1) is 4.33. The van der Waals surface area contributed by atoms with Gasteiger partial charge in [-0.15, -0.1) is 0 Å². The second-order valence-electron chi connectivity index (χ2n) is 1.68. The Hall–Kier alpha value is -1.09. The summed E-state index contributed by atoms with van der Waals surface area (Å²) in [4.78, 5) is 0. The second-order valence-corrected chi connectivity index (χ2v) is 1.68. The van der Waals surface area contributed by atoms with Gasteiger partial charge in [-0.3, -0.25) is 5.84 Å². The molecule has 0 atom stereocenters. The molecule has 0 aliphatic carbocycles. The maximum absolute atomic E-state index is 12.2. The van der Waals surface area contributed by atoms with Crippen LogP contribution in [0.3, 0.4) is 0 Å². The van der Waals surface area contributed by atoms with E-state index < -0.39 is 0 Å². The molecule has 0 fully saturated rings. The summed E-state index contributed by atoms with van der Waals surface area (Å²) >= 11 is 0. The van der Waals surface area contributed by atoms with Crippen molar-refractivity contribution < 1.29 is 10.2 Å². The van der Waals surface area contributed by atoms with Gasteiger partial charge in [0.05, 0.1) is 5.69 Å². The van der Waals surface area contributed by atoms with Gasteiger partial charge in [0.15, 0.2) is 0 Å². The standard InChI is InChI=1S/C6H7FN2/c7-5-1-3-6(9-8)4-2-5/h1-4,9H,8H2/p+1. The zero-order chi connectivity index (χ0) is 6.69. The van der Waals surface area contributed by atoms with E-state index in [9.17, 15) is 4.39 Å². The normalized spacial score (nSPS) is 9.11. The van der Waals surface area contributed by atoms with Crippen LogP contribution < -0.4 is 11.3 Å². The number of nitrogens with one attached hydrogen (secondary N) is 1. The molecule has 0 aliphatic heterocycles. The molecule has 1 rings (SSSR count). The molecule has 0 saturated carbocycles. The second kappa shape index (κ2) is 2.46. The molecular weight excluding hydrogens is 119 g/mol. The fraction of sp³-hybridized carbons (Fsp3) is 0. The molecular formula is C6H8FN2+. The minimum Gasteiger partial charge on any atom is -0.258 e. The van der Waals surface area contributed by atoms with Crippen molar-refractivity contribution in [3.05, 3.63) is 30.1 Å².